The Hall–Kier alpha value is -2.75. The summed E-state index contributed by atoms with van der Waals surface area (Å²) in [4.78, 5) is 26.9. The first-order chi connectivity index (χ1) is 13.5. The molecule has 3 rings (SSSR count). The van der Waals surface area contributed by atoms with Gasteiger partial charge in [-0.25, -0.2) is 0 Å². The molecule has 1 saturated heterocycles. The van der Waals surface area contributed by atoms with Gasteiger partial charge in [-0.15, -0.1) is 0 Å². The number of likely N-dealkylation sites (N-methyl/N-ethyl adjacent to an activating group) is 1. The Labute approximate surface area is 173 Å². The largest absolute Gasteiger partial charge is 0.354 e. The molecule has 0 aliphatic carbocycles. The summed E-state index contributed by atoms with van der Waals surface area (Å²) in [6.45, 7) is 2.00. The van der Waals surface area contributed by atoms with Gasteiger partial charge in [0.15, 0.2) is 0 Å². The second-order valence-electron chi connectivity index (χ2n) is 6.26. The maximum absolute atomic E-state index is 13.2. The molecule has 1 N–H and O–H groups in total. The van der Waals surface area contributed by atoms with E-state index in [1.54, 1.807) is 24.3 Å². The van der Waals surface area contributed by atoms with Crippen LogP contribution in [0.5, 0.6) is 0 Å². The summed E-state index contributed by atoms with van der Waals surface area (Å²) in [5.74, 6) is -0.685. The molecular weight excluding hydrogens is 394 g/mol. The molecule has 2 amide bonds. The summed E-state index contributed by atoms with van der Waals surface area (Å²) in [6, 6.07) is 16.6. The average Bonchev–Trinajstić information content (AvgIpc) is 3.01. The minimum atomic E-state index is -0.520. The van der Waals surface area contributed by atoms with Gasteiger partial charge in [0.2, 0.25) is 5.91 Å². The number of hydrogen-bond acceptors (Lipinski definition) is 4. The molecule has 1 fully saturated rings. The molecule has 7 heteroatoms. The van der Waals surface area contributed by atoms with E-state index in [-0.39, 0.29) is 11.5 Å². The SMILES string of the molecule is CNC(=O)C(C#N)=C1SC(Cc2ccccc2C)C(=O)N1c1ccc(Cl)cc1. The molecule has 0 radical (unpaired) electrons. The van der Waals surface area contributed by atoms with E-state index in [9.17, 15) is 14.9 Å². The molecule has 1 aliphatic rings. The zero-order chi connectivity index (χ0) is 20.3. The number of aryl methyl sites for hydroxylation is 1. The van der Waals surface area contributed by atoms with Crippen LogP contribution in [0.4, 0.5) is 5.69 Å². The second kappa shape index (κ2) is 8.51. The zero-order valence-corrected chi connectivity index (χ0v) is 17.0. The normalized spacial score (nSPS) is 18.0. The Balaban J connectivity index is 2.06. The van der Waals surface area contributed by atoms with Gasteiger partial charge < -0.3 is 5.32 Å². The van der Waals surface area contributed by atoms with Gasteiger partial charge in [0.1, 0.15) is 16.7 Å². The van der Waals surface area contributed by atoms with Crippen molar-refractivity contribution < 1.29 is 9.59 Å². The minimum Gasteiger partial charge on any atom is -0.354 e. The summed E-state index contributed by atoms with van der Waals surface area (Å²) in [6.07, 6.45) is 0.510. The number of hydrogen-bond donors (Lipinski definition) is 1. The third-order valence-electron chi connectivity index (χ3n) is 4.48. The number of amides is 2. The highest BCUT2D eigenvalue weighted by Crippen LogP contribution is 2.42. The van der Waals surface area contributed by atoms with Gasteiger partial charge in [0, 0.05) is 17.8 Å². The van der Waals surface area contributed by atoms with E-state index in [1.165, 1.54) is 23.7 Å². The van der Waals surface area contributed by atoms with Crippen LogP contribution in [0.1, 0.15) is 11.1 Å². The predicted octanol–water partition coefficient (Wildman–Crippen LogP) is 3.82. The summed E-state index contributed by atoms with van der Waals surface area (Å²) >= 11 is 7.22. The highest BCUT2D eigenvalue weighted by molar-refractivity contribution is 8.05. The molecule has 1 aliphatic heterocycles. The molecule has 0 bridgehead atoms. The van der Waals surface area contributed by atoms with Crippen molar-refractivity contribution in [1.82, 2.24) is 5.32 Å². The van der Waals surface area contributed by atoms with Crippen molar-refractivity contribution in [3.05, 3.63) is 75.3 Å². The standard InChI is InChI=1S/C21H18ClN3O2S/c1-13-5-3-4-6-14(13)11-18-20(27)25(16-9-7-15(22)8-10-16)21(28-18)17(12-23)19(26)24-2/h3-10,18H,11H2,1-2H3,(H,24,26). The Morgan fingerprint density at radius 3 is 2.54 bits per heavy atom. The van der Waals surface area contributed by atoms with Crippen LogP contribution < -0.4 is 10.2 Å². The summed E-state index contributed by atoms with van der Waals surface area (Å²) in [7, 11) is 1.46. The maximum Gasteiger partial charge on any atom is 0.264 e. The fourth-order valence-electron chi connectivity index (χ4n) is 2.98. The van der Waals surface area contributed by atoms with Crippen LogP contribution in [0.2, 0.25) is 5.02 Å². The van der Waals surface area contributed by atoms with Gasteiger partial charge in [0.25, 0.3) is 5.91 Å². The van der Waals surface area contributed by atoms with E-state index in [4.69, 9.17) is 11.6 Å². The zero-order valence-electron chi connectivity index (χ0n) is 15.4. The van der Waals surface area contributed by atoms with E-state index in [0.29, 0.717) is 22.2 Å². The first kappa shape index (κ1) is 20.0. The third-order valence-corrected chi connectivity index (χ3v) is 6.00. The van der Waals surface area contributed by atoms with Gasteiger partial charge >= 0.3 is 0 Å². The number of thioether (sulfide) groups is 1. The van der Waals surface area contributed by atoms with Gasteiger partial charge in [-0.2, -0.15) is 5.26 Å². The Morgan fingerprint density at radius 1 is 1.25 bits per heavy atom. The lowest BCUT2D eigenvalue weighted by atomic mass is 10.0. The molecule has 1 atom stereocenters. The number of nitrogens with zero attached hydrogens (tertiary/aromatic N) is 2. The van der Waals surface area contributed by atoms with E-state index in [1.807, 2.05) is 37.3 Å². The molecule has 0 saturated carbocycles. The summed E-state index contributed by atoms with van der Waals surface area (Å²) in [5, 5.41) is 12.5. The molecule has 2 aromatic rings. The lowest BCUT2D eigenvalue weighted by Gasteiger charge is -2.18. The highest BCUT2D eigenvalue weighted by Gasteiger charge is 2.40. The number of carbonyl (C=O) groups excluding carboxylic acids is 2. The van der Waals surface area contributed by atoms with Crippen molar-refractivity contribution in [3.63, 3.8) is 0 Å². The van der Waals surface area contributed by atoms with Crippen LogP contribution >= 0.6 is 23.4 Å². The van der Waals surface area contributed by atoms with Gasteiger partial charge in [-0.05, 0) is 48.7 Å². The average molecular weight is 412 g/mol. The maximum atomic E-state index is 13.2. The second-order valence-corrected chi connectivity index (χ2v) is 7.89. The van der Waals surface area contributed by atoms with E-state index in [0.717, 1.165) is 11.1 Å². The van der Waals surface area contributed by atoms with Crippen LogP contribution in [-0.2, 0) is 16.0 Å². The first-order valence-electron chi connectivity index (χ1n) is 8.63. The topological polar surface area (TPSA) is 73.2 Å². The summed E-state index contributed by atoms with van der Waals surface area (Å²) < 4.78 is 0. The number of nitriles is 1. The molecule has 1 unspecified atom stereocenters. The van der Waals surface area contributed by atoms with Crippen LogP contribution in [0.25, 0.3) is 0 Å². The van der Waals surface area contributed by atoms with Crippen LogP contribution in [0.3, 0.4) is 0 Å². The number of carbonyl (C=O) groups is 2. The third kappa shape index (κ3) is 3.91. The highest BCUT2D eigenvalue weighted by atomic mass is 35.5. The van der Waals surface area contributed by atoms with E-state index in [2.05, 4.69) is 5.32 Å². The van der Waals surface area contributed by atoms with Crippen LogP contribution in [0.15, 0.2) is 59.1 Å². The van der Waals surface area contributed by atoms with E-state index < -0.39 is 11.2 Å². The lowest BCUT2D eigenvalue weighted by molar-refractivity contribution is -0.117. The fourth-order valence-corrected chi connectivity index (χ4v) is 4.40. The van der Waals surface area contributed by atoms with Gasteiger partial charge in [-0.1, -0.05) is 47.6 Å². The molecule has 5 nitrogen and oxygen atoms in total. The number of anilines is 1. The lowest BCUT2D eigenvalue weighted by Crippen LogP contribution is -2.31. The van der Waals surface area contributed by atoms with Crippen molar-refractivity contribution in [3.8, 4) is 6.07 Å². The molecule has 0 aromatic heterocycles. The van der Waals surface area contributed by atoms with Crippen LogP contribution in [-0.4, -0.2) is 24.1 Å². The van der Waals surface area contributed by atoms with Gasteiger partial charge in [-0.3, -0.25) is 14.5 Å². The Morgan fingerprint density at radius 2 is 1.93 bits per heavy atom. The number of benzene rings is 2. The van der Waals surface area contributed by atoms with E-state index >= 15 is 0 Å². The number of halogens is 1. The monoisotopic (exact) mass is 411 g/mol. The number of nitrogens with one attached hydrogen (secondary N) is 1. The molecule has 0 spiro atoms. The van der Waals surface area contributed by atoms with Crippen molar-refractivity contribution >= 4 is 40.9 Å². The molecule has 2 aromatic carbocycles. The molecule has 1 heterocycles. The van der Waals surface area contributed by atoms with Crippen molar-refractivity contribution in [2.45, 2.75) is 18.6 Å². The molecular formula is C21H18ClN3O2S. The molecule has 142 valence electrons. The predicted molar refractivity (Wildman–Crippen MR) is 112 cm³/mol. The number of rotatable bonds is 4. The Bertz CT molecular complexity index is 995. The molecule has 28 heavy (non-hydrogen) atoms. The quantitative estimate of drug-likeness (QED) is 0.613. The summed E-state index contributed by atoms with van der Waals surface area (Å²) in [5.41, 5.74) is 2.64. The smallest absolute Gasteiger partial charge is 0.264 e. The van der Waals surface area contributed by atoms with Crippen LogP contribution in [0, 0.1) is 18.3 Å². The van der Waals surface area contributed by atoms with Gasteiger partial charge in [0.05, 0.1) is 5.25 Å². The minimum absolute atomic E-state index is 0.0805. The van der Waals surface area contributed by atoms with Crippen molar-refractivity contribution in [2.24, 2.45) is 0 Å². The fraction of sp³-hybridized carbons (Fsp3) is 0.190. The Kier molecular flexibility index (Phi) is 6.08. The first-order valence-corrected chi connectivity index (χ1v) is 9.89. The van der Waals surface area contributed by atoms with Crippen molar-refractivity contribution in [2.75, 3.05) is 11.9 Å². The van der Waals surface area contributed by atoms with Crippen molar-refractivity contribution in [1.29, 1.82) is 5.26 Å².